The Balaban J connectivity index is 1.56. The maximum atomic E-state index is 14.6. The van der Waals surface area contributed by atoms with E-state index in [1.165, 1.54) is 13.2 Å². The Labute approximate surface area is 216 Å². The Morgan fingerprint density at radius 3 is 2.38 bits per heavy atom. The number of ether oxygens (including phenoxy) is 2. The van der Waals surface area contributed by atoms with Gasteiger partial charge in [-0.3, -0.25) is 4.79 Å². The highest BCUT2D eigenvalue weighted by molar-refractivity contribution is 6.30. The fourth-order valence-corrected chi connectivity index (χ4v) is 4.28. The Morgan fingerprint density at radius 1 is 0.973 bits per heavy atom. The van der Waals surface area contributed by atoms with Crippen LogP contribution in [0.25, 0.3) is 11.4 Å². The predicted octanol–water partition coefficient (Wildman–Crippen LogP) is 5.99. The van der Waals surface area contributed by atoms with Crippen LogP contribution in [0.1, 0.15) is 21.6 Å². The number of halogens is 3. The number of methoxy groups -OCH3 is 2. The summed E-state index contributed by atoms with van der Waals surface area (Å²) in [4.78, 5) is 23.9. The standard InChI is InChI=1S/C27H21ClF2N4O3/c1-36-18-11-6-15(22(12-18)37-2)13-34-14-21-24(27(34)35)26(31-17-9-7-16(28)8-10-17)33-25(32-21)23-19(29)4-3-5-20(23)30/h3-12H,13-14H2,1-2H3,(H,31,32,33). The van der Waals surface area contributed by atoms with Gasteiger partial charge in [0.2, 0.25) is 0 Å². The molecule has 3 aromatic carbocycles. The number of nitrogens with one attached hydrogen (secondary N) is 1. The van der Waals surface area contributed by atoms with Gasteiger partial charge >= 0.3 is 0 Å². The zero-order valence-corrected chi connectivity index (χ0v) is 20.6. The van der Waals surface area contributed by atoms with Crippen LogP contribution in [-0.2, 0) is 13.1 Å². The van der Waals surface area contributed by atoms with Crippen molar-refractivity contribution in [3.05, 3.63) is 94.1 Å². The summed E-state index contributed by atoms with van der Waals surface area (Å²) in [6, 6.07) is 15.6. The second kappa shape index (κ2) is 10.0. The van der Waals surface area contributed by atoms with Crippen LogP contribution in [0.3, 0.4) is 0 Å². The van der Waals surface area contributed by atoms with Crippen LogP contribution in [0.5, 0.6) is 11.5 Å². The number of nitrogens with zero attached hydrogens (tertiary/aromatic N) is 3. The molecule has 0 saturated carbocycles. The van der Waals surface area contributed by atoms with Crippen LogP contribution in [0.4, 0.5) is 20.3 Å². The molecule has 37 heavy (non-hydrogen) atoms. The highest BCUT2D eigenvalue weighted by atomic mass is 35.5. The maximum absolute atomic E-state index is 14.6. The van der Waals surface area contributed by atoms with E-state index < -0.39 is 11.6 Å². The van der Waals surface area contributed by atoms with Gasteiger partial charge in [0.15, 0.2) is 5.82 Å². The van der Waals surface area contributed by atoms with Gasteiger partial charge in [-0.2, -0.15) is 0 Å². The molecule has 0 bridgehead atoms. The van der Waals surface area contributed by atoms with Gasteiger partial charge in [-0.1, -0.05) is 17.7 Å². The van der Waals surface area contributed by atoms with Crippen LogP contribution < -0.4 is 14.8 Å². The van der Waals surface area contributed by atoms with E-state index in [2.05, 4.69) is 15.3 Å². The van der Waals surface area contributed by atoms with E-state index in [9.17, 15) is 13.6 Å². The van der Waals surface area contributed by atoms with Crippen LogP contribution >= 0.6 is 11.6 Å². The second-order valence-corrected chi connectivity index (χ2v) is 8.72. The molecule has 0 fully saturated rings. The molecule has 0 radical (unpaired) electrons. The number of hydrogen-bond acceptors (Lipinski definition) is 6. The Morgan fingerprint density at radius 2 is 1.70 bits per heavy atom. The number of carbonyl (C=O) groups is 1. The molecule has 10 heteroatoms. The summed E-state index contributed by atoms with van der Waals surface area (Å²) in [5.41, 5.74) is 1.55. The molecule has 0 unspecified atom stereocenters. The first kappa shape index (κ1) is 24.5. The molecule has 5 rings (SSSR count). The van der Waals surface area contributed by atoms with Crippen molar-refractivity contribution in [3.8, 4) is 22.9 Å². The molecule has 1 N–H and O–H groups in total. The summed E-state index contributed by atoms with van der Waals surface area (Å²) >= 11 is 6.00. The number of rotatable bonds is 7. The predicted molar refractivity (Wildman–Crippen MR) is 135 cm³/mol. The average Bonchev–Trinajstić information content (AvgIpc) is 3.20. The number of hydrogen-bond donors (Lipinski definition) is 1. The monoisotopic (exact) mass is 522 g/mol. The molecule has 2 heterocycles. The molecule has 188 valence electrons. The van der Waals surface area contributed by atoms with Crippen molar-refractivity contribution in [2.75, 3.05) is 19.5 Å². The van der Waals surface area contributed by atoms with E-state index in [-0.39, 0.29) is 41.8 Å². The number of fused-ring (bicyclic) bond motifs is 1. The number of amides is 1. The van der Waals surface area contributed by atoms with E-state index >= 15 is 0 Å². The van der Waals surface area contributed by atoms with Gasteiger partial charge in [0.05, 0.1) is 38.6 Å². The van der Waals surface area contributed by atoms with Crippen LogP contribution in [0.2, 0.25) is 5.02 Å². The van der Waals surface area contributed by atoms with Crippen LogP contribution in [-0.4, -0.2) is 35.0 Å². The molecular formula is C27H21ClF2N4O3. The number of anilines is 2. The maximum Gasteiger partial charge on any atom is 0.260 e. The molecule has 1 aliphatic rings. The highest BCUT2D eigenvalue weighted by Crippen LogP contribution is 2.35. The van der Waals surface area contributed by atoms with Crippen molar-refractivity contribution in [3.63, 3.8) is 0 Å². The highest BCUT2D eigenvalue weighted by Gasteiger charge is 2.34. The normalized spacial score (nSPS) is 12.5. The molecule has 4 aromatic rings. The molecule has 0 saturated heterocycles. The fourth-order valence-electron chi connectivity index (χ4n) is 4.16. The Bertz CT molecular complexity index is 1480. The van der Waals surface area contributed by atoms with Crippen molar-refractivity contribution in [2.24, 2.45) is 0 Å². The average molecular weight is 523 g/mol. The molecule has 0 spiro atoms. The summed E-state index contributed by atoms with van der Waals surface area (Å²) < 4.78 is 40.0. The third kappa shape index (κ3) is 4.77. The first-order chi connectivity index (χ1) is 17.9. The summed E-state index contributed by atoms with van der Waals surface area (Å²) in [5.74, 6) is -0.786. The van der Waals surface area contributed by atoms with Gasteiger partial charge in [0.25, 0.3) is 5.91 Å². The molecule has 1 amide bonds. The lowest BCUT2D eigenvalue weighted by Crippen LogP contribution is -2.24. The summed E-state index contributed by atoms with van der Waals surface area (Å²) in [6.45, 7) is 0.330. The lowest BCUT2D eigenvalue weighted by atomic mass is 10.1. The Kier molecular flexibility index (Phi) is 6.62. The topological polar surface area (TPSA) is 76.6 Å². The zero-order valence-electron chi connectivity index (χ0n) is 19.9. The van der Waals surface area contributed by atoms with Gasteiger partial charge in [0.1, 0.15) is 34.5 Å². The lowest BCUT2D eigenvalue weighted by molar-refractivity contribution is 0.0766. The van der Waals surface area contributed by atoms with E-state index in [4.69, 9.17) is 21.1 Å². The summed E-state index contributed by atoms with van der Waals surface area (Å²) in [5, 5.41) is 3.62. The fraction of sp³-hybridized carbons (Fsp3) is 0.148. The van der Waals surface area contributed by atoms with Gasteiger partial charge in [-0.15, -0.1) is 0 Å². The van der Waals surface area contributed by atoms with Crippen LogP contribution in [0, 0.1) is 11.6 Å². The van der Waals surface area contributed by atoms with Gasteiger partial charge in [-0.05, 0) is 48.5 Å². The molecular weight excluding hydrogens is 502 g/mol. The Hall–Kier alpha value is -4.24. The molecule has 1 aliphatic heterocycles. The van der Waals surface area contributed by atoms with Crippen LogP contribution in [0.15, 0.2) is 60.7 Å². The first-order valence-corrected chi connectivity index (χ1v) is 11.6. The second-order valence-electron chi connectivity index (χ2n) is 8.29. The number of carbonyl (C=O) groups excluding carboxylic acids is 1. The SMILES string of the molecule is COc1ccc(CN2Cc3nc(-c4c(F)cccc4F)nc(Nc4ccc(Cl)cc4)c3C2=O)c(OC)c1. The lowest BCUT2D eigenvalue weighted by Gasteiger charge is -2.18. The first-order valence-electron chi connectivity index (χ1n) is 11.3. The van der Waals surface area contributed by atoms with E-state index in [1.807, 2.05) is 6.07 Å². The van der Waals surface area contributed by atoms with Crippen molar-refractivity contribution in [1.29, 1.82) is 0 Å². The number of aromatic nitrogens is 2. The third-order valence-electron chi connectivity index (χ3n) is 5.97. The quantitative estimate of drug-likeness (QED) is 0.321. The minimum atomic E-state index is -0.804. The molecule has 0 atom stereocenters. The summed E-state index contributed by atoms with van der Waals surface area (Å²) in [7, 11) is 3.09. The third-order valence-corrected chi connectivity index (χ3v) is 6.23. The van der Waals surface area contributed by atoms with Crippen molar-refractivity contribution >= 4 is 29.0 Å². The largest absolute Gasteiger partial charge is 0.497 e. The minimum Gasteiger partial charge on any atom is -0.497 e. The van der Waals surface area contributed by atoms with Gasteiger partial charge in [-0.25, -0.2) is 18.7 Å². The van der Waals surface area contributed by atoms with Gasteiger partial charge in [0, 0.05) is 22.3 Å². The molecule has 1 aromatic heterocycles. The molecule has 0 aliphatic carbocycles. The van der Waals surface area contributed by atoms with Crippen molar-refractivity contribution in [1.82, 2.24) is 14.9 Å². The van der Waals surface area contributed by atoms with Crippen molar-refractivity contribution < 1.29 is 23.0 Å². The van der Waals surface area contributed by atoms with E-state index in [0.29, 0.717) is 27.9 Å². The zero-order chi connectivity index (χ0) is 26.1. The number of benzene rings is 3. The smallest absolute Gasteiger partial charge is 0.260 e. The van der Waals surface area contributed by atoms with E-state index in [0.717, 1.165) is 17.7 Å². The van der Waals surface area contributed by atoms with Crippen molar-refractivity contribution in [2.45, 2.75) is 13.1 Å². The summed E-state index contributed by atoms with van der Waals surface area (Å²) in [6.07, 6.45) is 0. The molecule has 7 nitrogen and oxygen atoms in total. The van der Waals surface area contributed by atoms with Gasteiger partial charge < -0.3 is 19.7 Å². The minimum absolute atomic E-state index is 0.115. The van der Waals surface area contributed by atoms with E-state index in [1.54, 1.807) is 48.4 Å².